The second-order valence-corrected chi connectivity index (χ2v) is 5.49. The molecule has 0 radical (unpaired) electrons. The number of amides is 2. The van der Waals surface area contributed by atoms with Crippen molar-refractivity contribution in [1.29, 1.82) is 0 Å². The zero-order valence-electron chi connectivity index (χ0n) is 10.9. The topological polar surface area (TPSA) is 92.5 Å². The third kappa shape index (κ3) is 2.59. The molecule has 0 unspecified atom stereocenters. The van der Waals surface area contributed by atoms with Crippen LogP contribution in [0.15, 0.2) is 16.6 Å². The summed E-state index contributed by atoms with van der Waals surface area (Å²) in [6.07, 6.45) is 0.649. The van der Waals surface area contributed by atoms with Gasteiger partial charge in [-0.25, -0.2) is 5.84 Å². The average molecular weight is 340 g/mol. The second-order valence-electron chi connectivity index (χ2n) is 4.58. The van der Waals surface area contributed by atoms with Gasteiger partial charge in [-0.3, -0.25) is 19.8 Å². The van der Waals surface area contributed by atoms with Crippen molar-refractivity contribution in [2.45, 2.75) is 19.8 Å². The number of ketones is 1. The first-order valence-electron chi connectivity index (χ1n) is 6.11. The Kier molecular flexibility index (Phi) is 4.20. The van der Waals surface area contributed by atoms with Gasteiger partial charge < -0.3 is 4.90 Å². The SMILES string of the molecule is Cc1cc(Br)cc2c1N(CCCC(=O)NN)C(=O)C2=O. The molecule has 0 spiro atoms. The number of benzene rings is 1. The number of nitrogens with one attached hydrogen (secondary N) is 1. The van der Waals surface area contributed by atoms with Crippen LogP contribution in [0, 0.1) is 6.92 Å². The zero-order valence-corrected chi connectivity index (χ0v) is 12.5. The molecule has 6 nitrogen and oxygen atoms in total. The van der Waals surface area contributed by atoms with Crippen LogP contribution in [0.4, 0.5) is 5.69 Å². The molecule has 7 heteroatoms. The molecule has 0 atom stereocenters. The molecule has 0 aromatic heterocycles. The van der Waals surface area contributed by atoms with Crippen LogP contribution < -0.4 is 16.2 Å². The number of aryl methyl sites for hydroxylation is 1. The number of carbonyl (C=O) groups excluding carboxylic acids is 3. The van der Waals surface area contributed by atoms with Gasteiger partial charge in [0.25, 0.3) is 11.7 Å². The highest BCUT2D eigenvalue weighted by Crippen LogP contribution is 2.35. The molecule has 2 rings (SSSR count). The maximum absolute atomic E-state index is 12.0. The standard InChI is InChI=1S/C13H14BrN3O3/c1-7-5-8(14)6-9-11(7)17(13(20)12(9)19)4-2-3-10(18)16-15/h5-6H,2-4,15H2,1H3,(H,16,18). The van der Waals surface area contributed by atoms with E-state index in [4.69, 9.17) is 5.84 Å². The number of rotatable bonds is 4. The third-order valence-electron chi connectivity index (χ3n) is 3.17. The first-order valence-corrected chi connectivity index (χ1v) is 6.90. The molecule has 0 aliphatic carbocycles. The van der Waals surface area contributed by atoms with Crippen LogP contribution in [0.5, 0.6) is 0 Å². The fourth-order valence-corrected chi connectivity index (χ4v) is 2.86. The van der Waals surface area contributed by atoms with Gasteiger partial charge in [-0.2, -0.15) is 0 Å². The lowest BCUT2D eigenvalue weighted by atomic mass is 10.1. The van der Waals surface area contributed by atoms with Crippen LogP contribution in [-0.2, 0) is 9.59 Å². The second kappa shape index (κ2) is 5.72. The van der Waals surface area contributed by atoms with Gasteiger partial charge in [0.2, 0.25) is 5.91 Å². The van der Waals surface area contributed by atoms with E-state index in [1.54, 1.807) is 6.07 Å². The van der Waals surface area contributed by atoms with Crippen molar-refractivity contribution < 1.29 is 14.4 Å². The Morgan fingerprint density at radius 1 is 1.40 bits per heavy atom. The minimum atomic E-state index is -0.547. The van der Waals surface area contributed by atoms with E-state index < -0.39 is 11.7 Å². The Morgan fingerprint density at radius 3 is 2.75 bits per heavy atom. The van der Waals surface area contributed by atoms with Crippen LogP contribution in [0.3, 0.4) is 0 Å². The normalized spacial score (nSPS) is 13.7. The number of fused-ring (bicyclic) bond motifs is 1. The summed E-state index contributed by atoms with van der Waals surface area (Å²) in [5.74, 6) is 3.64. The number of hydrazine groups is 1. The highest BCUT2D eigenvalue weighted by Gasteiger charge is 2.36. The van der Waals surface area contributed by atoms with Crippen molar-refractivity contribution in [3.63, 3.8) is 0 Å². The smallest absolute Gasteiger partial charge is 0.299 e. The molecular weight excluding hydrogens is 326 g/mol. The third-order valence-corrected chi connectivity index (χ3v) is 3.62. The number of nitrogens with two attached hydrogens (primary N) is 1. The van der Waals surface area contributed by atoms with Gasteiger partial charge in [-0.1, -0.05) is 15.9 Å². The molecule has 1 heterocycles. The summed E-state index contributed by atoms with van der Waals surface area (Å²) in [6, 6.07) is 3.50. The van der Waals surface area contributed by atoms with Crippen LogP contribution >= 0.6 is 15.9 Å². The first kappa shape index (κ1) is 14.7. The van der Waals surface area contributed by atoms with E-state index in [0.717, 1.165) is 10.0 Å². The fourth-order valence-electron chi connectivity index (χ4n) is 2.29. The number of Topliss-reactive ketones (excluding diaryl/α,β-unsaturated/α-hetero) is 1. The Morgan fingerprint density at radius 2 is 2.10 bits per heavy atom. The van der Waals surface area contributed by atoms with Crippen molar-refractivity contribution in [3.05, 3.63) is 27.7 Å². The van der Waals surface area contributed by atoms with Crippen molar-refractivity contribution in [2.75, 3.05) is 11.4 Å². The molecule has 1 aromatic carbocycles. The van der Waals surface area contributed by atoms with Gasteiger partial charge in [0, 0.05) is 17.4 Å². The van der Waals surface area contributed by atoms with Crippen molar-refractivity contribution in [3.8, 4) is 0 Å². The molecule has 0 saturated heterocycles. The van der Waals surface area contributed by atoms with Crippen molar-refractivity contribution in [2.24, 2.45) is 5.84 Å². The van der Waals surface area contributed by atoms with E-state index in [2.05, 4.69) is 15.9 Å². The van der Waals surface area contributed by atoms with Gasteiger partial charge in [-0.05, 0) is 31.0 Å². The molecule has 1 aliphatic rings. The first-order chi connectivity index (χ1) is 9.45. The molecule has 0 saturated carbocycles. The number of halogens is 1. The number of nitrogens with zero attached hydrogens (tertiary/aromatic N) is 1. The van der Waals surface area contributed by atoms with E-state index in [1.165, 1.54) is 4.90 Å². The van der Waals surface area contributed by atoms with Crippen LogP contribution in [0.2, 0.25) is 0 Å². The molecule has 106 valence electrons. The largest absolute Gasteiger partial charge is 0.304 e. The Labute approximate surface area is 124 Å². The fraction of sp³-hybridized carbons (Fsp3) is 0.308. The lowest BCUT2D eigenvalue weighted by molar-refractivity contribution is -0.121. The van der Waals surface area contributed by atoms with Crippen LogP contribution in [0.1, 0.15) is 28.8 Å². The van der Waals surface area contributed by atoms with E-state index in [-0.39, 0.29) is 12.3 Å². The van der Waals surface area contributed by atoms with Crippen molar-refractivity contribution >= 4 is 39.2 Å². The van der Waals surface area contributed by atoms with Gasteiger partial charge in [0.15, 0.2) is 0 Å². The Bertz CT molecular complexity index is 601. The van der Waals surface area contributed by atoms with Gasteiger partial charge in [-0.15, -0.1) is 0 Å². The monoisotopic (exact) mass is 339 g/mol. The summed E-state index contributed by atoms with van der Waals surface area (Å²) in [4.78, 5) is 36.5. The lowest BCUT2D eigenvalue weighted by Gasteiger charge is -2.18. The molecule has 20 heavy (non-hydrogen) atoms. The molecule has 0 bridgehead atoms. The maximum atomic E-state index is 12.0. The molecular formula is C13H14BrN3O3. The minimum absolute atomic E-state index is 0.208. The maximum Gasteiger partial charge on any atom is 0.299 e. The summed E-state index contributed by atoms with van der Waals surface area (Å²) in [5.41, 5.74) is 3.92. The van der Waals surface area contributed by atoms with Gasteiger partial charge >= 0.3 is 0 Å². The molecule has 0 fully saturated rings. The zero-order chi connectivity index (χ0) is 14.9. The highest BCUT2D eigenvalue weighted by atomic mass is 79.9. The summed E-state index contributed by atoms with van der Waals surface area (Å²) < 4.78 is 0.763. The predicted molar refractivity (Wildman–Crippen MR) is 77.1 cm³/mol. The number of carbonyl (C=O) groups is 3. The average Bonchev–Trinajstić information content (AvgIpc) is 2.64. The number of anilines is 1. The Hall–Kier alpha value is -1.73. The molecule has 1 aliphatic heterocycles. The van der Waals surface area contributed by atoms with E-state index >= 15 is 0 Å². The van der Waals surface area contributed by atoms with Crippen LogP contribution in [0.25, 0.3) is 0 Å². The molecule has 2 amide bonds. The predicted octanol–water partition coefficient (Wildman–Crippen LogP) is 1.06. The van der Waals surface area contributed by atoms with Crippen LogP contribution in [-0.4, -0.2) is 24.1 Å². The lowest BCUT2D eigenvalue weighted by Crippen LogP contribution is -2.33. The van der Waals surface area contributed by atoms with E-state index in [9.17, 15) is 14.4 Å². The highest BCUT2D eigenvalue weighted by molar-refractivity contribution is 9.10. The molecule has 3 N–H and O–H groups in total. The molecule has 1 aromatic rings. The number of hydrogen-bond donors (Lipinski definition) is 2. The van der Waals surface area contributed by atoms with Gasteiger partial charge in [0.05, 0.1) is 11.3 Å². The minimum Gasteiger partial charge on any atom is -0.304 e. The van der Waals surface area contributed by atoms with Crippen molar-refractivity contribution in [1.82, 2.24) is 5.43 Å². The van der Waals surface area contributed by atoms with E-state index in [1.807, 2.05) is 18.4 Å². The quantitative estimate of drug-likeness (QED) is 0.371. The Balaban J connectivity index is 2.22. The summed E-state index contributed by atoms with van der Waals surface area (Å²) in [6.45, 7) is 2.16. The summed E-state index contributed by atoms with van der Waals surface area (Å²) in [5, 5.41) is 0. The summed E-state index contributed by atoms with van der Waals surface area (Å²) >= 11 is 3.32. The van der Waals surface area contributed by atoms with Gasteiger partial charge in [0.1, 0.15) is 0 Å². The summed E-state index contributed by atoms with van der Waals surface area (Å²) in [7, 11) is 0. The number of hydrogen-bond acceptors (Lipinski definition) is 4. The van der Waals surface area contributed by atoms with E-state index in [0.29, 0.717) is 24.2 Å².